The zero-order valence-electron chi connectivity index (χ0n) is 44.0. The number of ether oxygens (including phenoxy) is 3. The van der Waals surface area contributed by atoms with Crippen molar-refractivity contribution in [1.82, 2.24) is 0 Å². The van der Waals surface area contributed by atoms with Gasteiger partial charge in [-0.15, -0.1) is 0 Å². The normalized spacial score (nSPS) is 12.7. The highest BCUT2D eigenvalue weighted by Gasteiger charge is 2.17. The van der Waals surface area contributed by atoms with Crippen molar-refractivity contribution < 1.29 is 23.8 Å². The molecule has 0 aliphatic heterocycles. The number of hydrogen-bond donors (Lipinski definition) is 0. The molecule has 0 N–H and O–H groups in total. The second-order valence-corrected chi connectivity index (χ2v) is 18.8. The maximum absolute atomic E-state index is 12.8. The zero-order valence-corrected chi connectivity index (χ0v) is 44.0. The molecule has 0 aliphatic carbocycles. The van der Waals surface area contributed by atoms with E-state index in [0.29, 0.717) is 25.9 Å². The lowest BCUT2D eigenvalue weighted by molar-refractivity contribution is -0.162. The van der Waals surface area contributed by atoms with E-state index in [1.165, 1.54) is 173 Å². The van der Waals surface area contributed by atoms with Crippen LogP contribution in [-0.2, 0) is 23.8 Å². The summed E-state index contributed by atoms with van der Waals surface area (Å²) >= 11 is 0. The Morgan fingerprint density at radius 1 is 0.348 bits per heavy atom. The molecular weight excluding hydrogens is 813 g/mol. The van der Waals surface area contributed by atoms with Crippen LogP contribution in [0.15, 0.2) is 72.9 Å². The van der Waals surface area contributed by atoms with Crippen molar-refractivity contribution in [3.05, 3.63) is 72.9 Å². The van der Waals surface area contributed by atoms with E-state index in [-0.39, 0.29) is 25.2 Å². The van der Waals surface area contributed by atoms with E-state index < -0.39 is 6.10 Å². The molecule has 1 atom stereocenters. The minimum absolute atomic E-state index is 0.0477. The average molecular weight is 922 g/mol. The van der Waals surface area contributed by atoms with Crippen molar-refractivity contribution >= 4 is 11.9 Å². The number of hydrogen-bond acceptors (Lipinski definition) is 5. The van der Waals surface area contributed by atoms with E-state index >= 15 is 0 Å². The van der Waals surface area contributed by atoms with Crippen molar-refractivity contribution in [3.63, 3.8) is 0 Å². The van der Waals surface area contributed by atoms with Gasteiger partial charge in [-0.25, -0.2) is 0 Å². The standard InChI is InChI=1S/C61H108O5/c1-4-7-10-13-16-19-22-25-27-29-31-32-34-37-39-42-45-48-51-54-60(62)65-58-59(66-61(63)55-52-49-46-43-40-36-24-21-18-15-12-9-6-3)57-64-56-53-50-47-44-41-38-35-33-30-28-26-23-20-17-14-11-8-5-2/h7,10,16,19,25,27,31-32,37,39,45,48,59H,4-6,8-9,11-15,17-18,20-24,26,28-30,33-36,38,40-44,46-47,49-58H2,1-3H3/b10-7-,19-16-,27-25-,32-31-,39-37-,48-45-. The minimum atomic E-state index is -0.565. The van der Waals surface area contributed by atoms with E-state index in [2.05, 4.69) is 87.6 Å². The van der Waals surface area contributed by atoms with Crippen LogP contribution in [0.2, 0.25) is 0 Å². The summed E-state index contributed by atoms with van der Waals surface area (Å²) in [7, 11) is 0. The summed E-state index contributed by atoms with van der Waals surface area (Å²) in [6.45, 7) is 7.68. The number of allylic oxidation sites excluding steroid dienone is 12. The highest BCUT2D eigenvalue weighted by Crippen LogP contribution is 2.16. The summed E-state index contributed by atoms with van der Waals surface area (Å²) in [6, 6.07) is 0. The van der Waals surface area contributed by atoms with Crippen LogP contribution in [0.25, 0.3) is 0 Å². The summed E-state index contributed by atoms with van der Waals surface area (Å²) in [5.74, 6) is -0.482. The van der Waals surface area contributed by atoms with Crippen molar-refractivity contribution in [2.75, 3.05) is 19.8 Å². The highest BCUT2D eigenvalue weighted by atomic mass is 16.6. The van der Waals surface area contributed by atoms with E-state index in [9.17, 15) is 9.59 Å². The van der Waals surface area contributed by atoms with E-state index in [0.717, 1.165) is 64.2 Å². The Kier molecular flexibility index (Phi) is 54.4. The number of esters is 2. The fraction of sp³-hybridized carbons (Fsp3) is 0.770. The molecule has 0 fully saturated rings. The van der Waals surface area contributed by atoms with Gasteiger partial charge in [-0.3, -0.25) is 9.59 Å². The molecule has 0 rings (SSSR count). The third kappa shape index (κ3) is 54.0. The van der Waals surface area contributed by atoms with Crippen LogP contribution in [0.1, 0.15) is 278 Å². The zero-order chi connectivity index (χ0) is 47.7. The summed E-state index contributed by atoms with van der Waals surface area (Å²) < 4.78 is 17.4. The summed E-state index contributed by atoms with van der Waals surface area (Å²) in [5.41, 5.74) is 0. The molecule has 0 aromatic rings. The lowest BCUT2D eigenvalue weighted by Gasteiger charge is -2.18. The molecule has 0 heterocycles. The molecule has 0 radical (unpaired) electrons. The number of unbranched alkanes of at least 4 members (excludes halogenated alkanes) is 29. The number of carbonyl (C=O) groups is 2. The third-order valence-corrected chi connectivity index (χ3v) is 12.3. The molecule has 0 saturated carbocycles. The lowest BCUT2D eigenvalue weighted by Crippen LogP contribution is -2.30. The van der Waals surface area contributed by atoms with Gasteiger partial charge in [-0.1, -0.05) is 280 Å². The maximum Gasteiger partial charge on any atom is 0.306 e. The fourth-order valence-electron chi connectivity index (χ4n) is 8.07. The Balaban J connectivity index is 4.33. The Morgan fingerprint density at radius 2 is 0.682 bits per heavy atom. The summed E-state index contributed by atoms with van der Waals surface area (Å²) in [5, 5.41) is 0. The van der Waals surface area contributed by atoms with Gasteiger partial charge in [0.1, 0.15) is 6.61 Å². The van der Waals surface area contributed by atoms with E-state index in [1.807, 2.05) is 6.08 Å². The van der Waals surface area contributed by atoms with Gasteiger partial charge in [0.05, 0.1) is 6.61 Å². The second kappa shape index (κ2) is 56.7. The van der Waals surface area contributed by atoms with Gasteiger partial charge in [-0.2, -0.15) is 0 Å². The van der Waals surface area contributed by atoms with Gasteiger partial charge in [-0.05, 0) is 57.8 Å². The molecule has 0 aromatic carbocycles. The predicted octanol–water partition coefficient (Wildman–Crippen LogP) is 19.5. The average Bonchev–Trinajstić information content (AvgIpc) is 3.32. The van der Waals surface area contributed by atoms with Crippen LogP contribution in [0.3, 0.4) is 0 Å². The van der Waals surface area contributed by atoms with E-state index in [1.54, 1.807) is 0 Å². The van der Waals surface area contributed by atoms with Gasteiger partial charge >= 0.3 is 11.9 Å². The number of carbonyl (C=O) groups excluding carboxylic acids is 2. The monoisotopic (exact) mass is 921 g/mol. The molecule has 0 spiro atoms. The van der Waals surface area contributed by atoms with E-state index in [4.69, 9.17) is 14.2 Å². The molecule has 0 aliphatic rings. The molecule has 5 nitrogen and oxygen atoms in total. The molecule has 382 valence electrons. The molecule has 0 aromatic heterocycles. The van der Waals surface area contributed by atoms with Crippen LogP contribution in [-0.4, -0.2) is 37.9 Å². The Morgan fingerprint density at radius 3 is 1.06 bits per heavy atom. The van der Waals surface area contributed by atoms with Crippen LogP contribution in [0, 0.1) is 0 Å². The molecule has 0 saturated heterocycles. The smallest absolute Gasteiger partial charge is 0.306 e. The van der Waals surface area contributed by atoms with Gasteiger partial charge < -0.3 is 14.2 Å². The fourth-order valence-corrected chi connectivity index (χ4v) is 8.07. The minimum Gasteiger partial charge on any atom is -0.462 e. The van der Waals surface area contributed by atoms with Crippen molar-refractivity contribution in [2.24, 2.45) is 0 Å². The van der Waals surface area contributed by atoms with Crippen LogP contribution in [0.5, 0.6) is 0 Å². The van der Waals surface area contributed by atoms with Gasteiger partial charge in [0.15, 0.2) is 6.10 Å². The topological polar surface area (TPSA) is 61.8 Å². The third-order valence-electron chi connectivity index (χ3n) is 12.3. The summed E-state index contributed by atoms with van der Waals surface area (Å²) in [4.78, 5) is 25.4. The molecule has 0 bridgehead atoms. The van der Waals surface area contributed by atoms with Crippen LogP contribution < -0.4 is 0 Å². The largest absolute Gasteiger partial charge is 0.462 e. The quantitative estimate of drug-likeness (QED) is 0.0346. The Labute approximate surface area is 410 Å². The maximum atomic E-state index is 12.8. The first-order valence-electron chi connectivity index (χ1n) is 28.5. The van der Waals surface area contributed by atoms with Crippen LogP contribution in [0.4, 0.5) is 0 Å². The van der Waals surface area contributed by atoms with Crippen molar-refractivity contribution in [3.8, 4) is 0 Å². The van der Waals surface area contributed by atoms with Crippen molar-refractivity contribution in [2.45, 2.75) is 284 Å². The Hall–Kier alpha value is -2.66. The molecule has 0 amide bonds. The predicted molar refractivity (Wildman–Crippen MR) is 288 cm³/mol. The SMILES string of the molecule is CC/C=C\C/C=C\C/C=C\C/C=C\C/C=C\C/C=C\CCC(=O)OCC(COCCCCCCCCCCCCCCCCCCCC)OC(=O)CCCCCCCCCCCCCCC. The van der Waals surface area contributed by atoms with Crippen LogP contribution >= 0.6 is 0 Å². The van der Waals surface area contributed by atoms with Gasteiger partial charge in [0.2, 0.25) is 0 Å². The van der Waals surface area contributed by atoms with Gasteiger partial charge in [0, 0.05) is 19.4 Å². The van der Waals surface area contributed by atoms with Crippen molar-refractivity contribution in [1.29, 1.82) is 0 Å². The lowest BCUT2D eigenvalue weighted by atomic mass is 10.0. The Bertz CT molecular complexity index is 1180. The summed E-state index contributed by atoms with van der Waals surface area (Å²) in [6.07, 6.45) is 73.6. The molecule has 66 heavy (non-hydrogen) atoms. The molecule has 5 heteroatoms. The highest BCUT2D eigenvalue weighted by molar-refractivity contribution is 5.70. The second-order valence-electron chi connectivity index (χ2n) is 18.8. The van der Waals surface area contributed by atoms with Gasteiger partial charge in [0.25, 0.3) is 0 Å². The first kappa shape index (κ1) is 63.3. The molecular formula is C61H108O5. The molecule has 1 unspecified atom stereocenters. The number of rotatable bonds is 52. The first-order chi connectivity index (χ1) is 32.6. The first-order valence-corrected chi connectivity index (χ1v) is 28.5.